The fourth-order valence-corrected chi connectivity index (χ4v) is 14.4. The van der Waals surface area contributed by atoms with E-state index >= 15 is 0 Å². The number of amides is 7. The lowest BCUT2D eigenvalue weighted by molar-refractivity contribution is -0.143. The Morgan fingerprint density at radius 3 is 1.58 bits per heavy atom. The van der Waals surface area contributed by atoms with E-state index < -0.39 is 150 Å². The van der Waals surface area contributed by atoms with E-state index in [1.165, 1.54) is 0 Å². The molecule has 3 saturated heterocycles. The third-order valence-corrected chi connectivity index (χ3v) is 20.7. The number of unbranched alkanes of at least 4 members (excludes halogenated alkanes) is 1. The number of nitrogens with zero attached hydrogens (tertiary/aromatic N) is 4. The third kappa shape index (κ3) is 29.3. The summed E-state index contributed by atoms with van der Waals surface area (Å²) in [6, 6.07) is 3.50. The molecule has 3 aliphatic heterocycles. The van der Waals surface area contributed by atoms with Crippen LogP contribution in [0.5, 0.6) is 0 Å². The van der Waals surface area contributed by atoms with Gasteiger partial charge in [-0.1, -0.05) is 44.5 Å². The van der Waals surface area contributed by atoms with E-state index in [4.69, 9.17) is 6.42 Å². The van der Waals surface area contributed by atoms with Crippen LogP contribution in [0, 0.1) is 18.3 Å². The van der Waals surface area contributed by atoms with Crippen LogP contribution >= 0.6 is 23.5 Å². The van der Waals surface area contributed by atoms with Crippen LogP contribution in [0.1, 0.15) is 108 Å². The van der Waals surface area contributed by atoms with Crippen LogP contribution < -0.4 is 42.4 Å². The standard InChI is InChI=1S/C60H89N11O21S2Si/c1-5-20-60(50(93-60)54(88)89)67-57(92)66-55-59(94-55,56(90)91)21-19-45(75)64-40(53(86)87)10-8-23-62-44(74)18-17-43(73)61-22-7-6-9-38(52(84)85)13-16-42(72)41(32-63-51(83)37-11-14-39(15-12-37)95-58(2,3)4)65-46(76)33-68-24-26-69(34-47(77)78)28-30-71(36-49(81)82)31-29-70(27-25-68)35-48(79)80/h1,11-12,14-15,38,40-41,50,55H,6-10,13,16-36,95H2,2-4H3,(H,61,73)(H,62,74)(H,63,83)(H,64,75)(H,65,76)(H,77,78)(H,79,80)(H,81,82)(H,84,85)(H,86,87)(H,88,89)(H,90,91)(H2,66,67,92)/t38-,40+,41+,50?,55?,59+,60-/m0/s1. The Morgan fingerprint density at radius 2 is 1.12 bits per heavy atom. The molecule has 0 aliphatic carbocycles. The molecule has 14 N–H and O–H groups in total. The number of rotatable bonds is 40. The number of nitrogens with one attached hydrogen (secondary N) is 7. The highest BCUT2D eigenvalue weighted by Crippen LogP contribution is 2.56. The quantitative estimate of drug-likeness (QED) is 0.0144. The maximum atomic E-state index is 14.0. The molecule has 3 aliphatic rings. The van der Waals surface area contributed by atoms with Crippen LogP contribution in [0.2, 0.25) is 5.04 Å². The summed E-state index contributed by atoms with van der Waals surface area (Å²) in [6.45, 7) is 5.70. The maximum Gasteiger partial charge on any atom is 0.326 e. The first-order valence-electron chi connectivity index (χ1n) is 31.1. The van der Waals surface area contributed by atoms with E-state index in [0.717, 1.165) is 28.7 Å². The van der Waals surface area contributed by atoms with Crippen LogP contribution in [0.25, 0.3) is 0 Å². The second-order valence-electron chi connectivity index (χ2n) is 24.8. The van der Waals surface area contributed by atoms with E-state index in [1.54, 1.807) is 31.7 Å². The maximum absolute atomic E-state index is 14.0. The zero-order valence-corrected chi connectivity index (χ0v) is 56.6. The molecule has 4 rings (SSSR count). The van der Waals surface area contributed by atoms with E-state index in [-0.39, 0.29) is 148 Å². The minimum absolute atomic E-state index is 0.0195. The third-order valence-electron chi connectivity index (χ3n) is 15.8. The summed E-state index contributed by atoms with van der Waals surface area (Å²) in [5.41, 5.74) is 0.304. The fraction of sp³-hybridized carbons (Fsp3) is 0.633. The van der Waals surface area contributed by atoms with E-state index in [2.05, 4.69) is 63.9 Å². The number of carbonyl (C=O) groups excluding carboxylic acids is 7. The first-order valence-corrected chi connectivity index (χ1v) is 34.3. The molecule has 526 valence electrons. The van der Waals surface area contributed by atoms with Crippen molar-refractivity contribution in [2.45, 2.75) is 135 Å². The summed E-state index contributed by atoms with van der Waals surface area (Å²) in [5, 5.41) is 85.2. The van der Waals surface area contributed by atoms with Gasteiger partial charge in [0.2, 0.25) is 23.6 Å². The summed E-state index contributed by atoms with van der Waals surface area (Å²) in [7, 11) is -0.678. The van der Waals surface area contributed by atoms with Gasteiger partial charge in [-0.25, -0.2) is 9.59 Å². The summed E-state index contributed by atoms with van der Waals surface area (Å²) >= 11 is 1.76. The zero-order chi connectivity index (χ0) is 70.6. The molecule has 0 bridgehead atoms. The van der Waals surface area contributed by atoms with Crippen LogP contribution in [-0.2, 0) is 57.5 Å². The minimum atomic E-state index is -1.61. The summed E-state index contributed by atoms with van der Waals surface area (Å²) in [5.74, 6) is -10.8. The van der Waals surface area contributed by atoms with E-state index in [1.807, 2.05) is 12.1 Å². The van der Waals surface area contributed by atoms with Gasteiger partial charge in [0.15, 0.2) is 5.78 Å². The van der Waals surface area contributed by atoms with E-state index in [9.17, 15) is 103 Å². The monoisotopic (exact) mass is 1390 g/mol. The molecular formula is C60H89N11O21S2Si. The van der Waals surface area contributed by atoms with Crippen molar-refractivity contribution in [3.63, 3.8) is 0 Å². The van der Waals surface area contributed by atoms with Crippen LogP contribution in [-0.4, -0.2) is 278 Å². The van der Waals surface area contributed by atoms with Gasteiger partial charge in [0.05, 0.1) is 41.6 Å². The molecule has 0 aromatic heterocycles. The Balaban J connectivity index is 1.24. The zero-order valence-electron chi connectivity index (χ0n) is 53.5. The van der Waals surface area contributed by atoms with Crippen molar-refractivity contribution in [1.29, 1.82) is 0 Å². The minimum Gasteiger partial charge on any atom is -0.481 e. The molecule has 0 saturated carbocycles. The Hall–Kier alpha value is -7.88. The number of hydrogen-bond acceptors (Lipinski definition) is 20. The molecule has 7 atom stereocenters. The number of thioether (sulfide) groups is 2. The second-order valence-corrected chi connectivity index (χ2v) is 30.9. The van der Waals surface area contributed by atoms with Crippen molar-refractivity contribution < 1.29 is 103 Å². The number of carboxylic acids is 7. The summed E-state index contributed by atoms with van der Waals surface area (Å²) in [6.07, 6.45) is 4.26. The average Bonchev–Trinajstić information content (AvgIpc) is 1.59. The van der Waals surface area contributed by atoms with Crippen LogP contribution in [0.3, 0.4) is 0 Å². The van der Waals surface area contributed by atoms with Crippen molar-refractivity contribution in [1.82, 2.24) is 56.8 Å². The van der Waals surface area contributed by atoms with Crippen molar-refractivity contribution in [2.75, 3.05) is 98.2 Å². The Kier molecular flexibility index (Phi) is 32.3. The highest BCUT2D eigenvalue weighted by Gasteiger charge is 2.65. The van der Waals surface area contributed by atoms with Gasteiger partial charge in [-0.05, 0) is 55.7 Å². The summed E-state index contributed by atoms with van der Waals surface area (Å²) in [4.78, 5) is 181. The number of benzene rings is 1. The SMILES string of the molecule is C#CC[C@]1(NC(=O)NC2S[C@@]2(CCC(=O)N[C@H](CCCNC(=O)CCC(=O)NCCCC[C@@H](CCC(=O)[C@@H](CNC(=O)c2ccc([SiH2]C(C)(C)C)cc2)NC(=O)CN2CCN(CC(=O)O)CCN(CC(=O)O)CCN(CC(=O)O)CC2)C(=O)O)C(=O)O)C(=O)O)SC1C(=O)O. The molecule has 3 heterocycles. The lowest BCUT2D eigenvalue weighted by Crippen LogP contribution is -2.53. The number of hydrogen-bond donors (Lipinski definition) is 14. The molecule has 2 unspecified atom stereocenters. The number of carboxylic acid groups (broad SMARTS) is 7. The molecule has 1 aromatic rings. The smallest absolute Gasteiger partial charge is 0.326 e. The second kappa shape index (κ2) is 38.6. The Morgan fingerprint density at radius 1 is 0.600 bits per heavy atom. The number of carbonyl (C=O) groups is 14. The number of aliphatic carboxylic acids is 7. The van der Waals surface area contributed by atoms with Crippen molar-refractivity contribution >= 4 is 121 Å². The molecule has 0 spiro atoms. The summed E-state index contributed by atoms with van der Waals surface area (Å²) < 4.78 is -1.61. The van der Waals surface area contributed by atoms with Gasteiger partial charge in [-0.3, -0.25) is 77.1 Å². The first kappa shape index (κ1) is 79.6. The molecule has 95 heavy (non-hydrogen) atoms. The van der Waals surface area contributed by atoms with Crippen molar-refractivity contribution in [3.8, 4) is 12.3 Å². The van der Waals surface area contributed by atoms with Crippen molar-refractivity contribution in [2.24, 2.45) is 5.92 Å². The Bertz CT molecular complexity index is 2940. The predicted molar refractivity (Wildman–Crippen MR) is 348 cm³/mol. The molecule has 0 radical (unpaired) electrons. The van der Waals surface area contributed by atoms with Gasteiger partial charge in [-0.2, -0.15) is 0 Å². The van der Waals surface area contributed by atoms with Crippen LogP contribution in [0.4, 0.5) is 4.79 Å². The number of urea groups is 1. The van der Waals surface area contributed by atoms with Gasteiger partial charge in [0.1, 0.15) is 32.3 Å². The molecule has 32 nitrogen and oxygen atoms in total. The Labute approximate surface area is 560 Å². The van der Waals surface area contributed by atoms with Gasteiger partial charge >= 0.3 is 47.8 Å². The predicted octanol–water partition coefficient (Wildman–Crippen LogP) is -2.13. The normalized spacial score (nSPS) is 20.5. The van der Waals surface area contributed by atoms with Gasteiger partial charge in [-0.15, -0.1) is 35.9 Å². The molecule has 3 fully saturated rings. The molecule has 1 aromatic carbocycles. The molecule has 7 amide bonds. The van der Waals surface area contributed by atoms with Crippen molar-refractivity contribution in [3.05, 3.63) is 29.8 Å². The molecule has 35 heteroatoms. The fourth-order valence-electron chi connectivity index (χ4n) is 10.5. The largest absolute Gasteiger partial charge is 0.481 e. The highest BCUT2D eigenvalue weighted by molar-refractivity contribution is 8.09. The van der Waals surface area contributed by atoms with Gasteiger partial charge < -0.3 is 73.0 Å². The lowest BCUT2D eigenvalue weighted by Gasteiger charge is -2.33. The average molecular weight is 1390 g/mol. The topological polar surface area (TPSA) is 478 Å². The van der Waals surface area contributed by atoms with Gasteiger partial charge in [0.25, 0.3) is 5.91 Å². The number of Topliss-reactive ketones (excluding diaryl/α,β-unsaturated/α-hetero) is 1. The van der Waals surface area contributed by atoms with Gasteiger partial charge in [0, 0.05) is 110 Å². The highest BCUT2D eigenvalue weighted by atomic mass is 32.2. The van der Waals surface area contributed by atoms with E-state index in [0.29, 0.717) is 18.4 Å². The first-order chi connectivity index (χ1) is 44.7. The lowest BCUT2D eigenvalue weighted by atomic mass is 9.94. The number of terminal acetylenes is 1. The van der Waals surface area contributed by atoms with Crippen LogP contribution in [0.15, 0.2) is 24.3 Å². The number of ketones is 1. The molecular weight excluding hydrogens is 1300 g/mol.